The Bertz CT molecular complexity index is 1130. The van der Waals surface area contributed by atoms with E-state index in [1.807, 2.05) is 6.07 Å². The SMILES string of the molecule is O=C(NCc1ccc(-n2cncn2)nc1)c1ccc(NC(=O)c2ccccn2)cc1. The smallest absolute Gasteiger partial charge is 0.274 e. The molecule has 0 saturated carbocycles. The second-order valence-electron chi connectivity index (χ2n) is 6.29. The van der Waals surface area contributed by atoms with Gasteiger partial charge in [-0.3, -0.25) is 14.6 Å². The minimum absolute atomic E-state index is 0.224. The summed E-state index contributed by atoms with van der Waals surface area (Å²) in [4.78, 5) is 36.7. The molecule has 0 saturated heterocycles. The largest absolute Gasteiger partial charge is 0.348 e. The molecular weight excluding hydrogens is 382 g/mol. The lowest BCUT2D eigenvalue weighted by Crippen LogP contribution is -2.23. The second-order valence-corrected chi connectivity index (χ2v) is 6.29. The molecule has 3 heterocycles. The number of anilines is 1. The van der Waals surface area contributed by atoms with Crippen LogP contribution in [-0.4, -0.2) is 36.5 Å². The standard InChI is InChI=1S/C21H17N7O2/c29-20(25-12-15-4-9-19(24-11-15)28-14-22-13-26-28)16-5-7-17(8-6-16)27-21(30)18-3-1-2-10-23-18/h1-11,13-14H,12H2,(H,25,29)(H,27,30). The molecule has 9 heteroatoms. The van der Waals surface area contributed by atoms with Crippen molar-refractivity contribution in [1.29, 1.82) is 0 Å². The maximum absolute atomic E-state index is 12.4. The minimum Gasteiger partial charge on any atom is -0.348 e. The molecule has 0 radical (unpaired) electrons. The first-order chi connectivity index (χ1) is 14.7. The number of nitrogens with zero attached hydrogens (tertiary/aromatic N) is 5. The van der Waals surface area contributed by atoms with Crippen molar-refractivity contribution in [2.24, 2.45) is 0 Å². The van der Waals surface area contributed by atoms with Crippen LogP contribution >= 0.6 is 0 Å². The van der Waals surface area contributed by atoms with Crippen LogP contribution in [0.4, 0.5) is 5.69 Å². The van der Waals surface area contributed by atoms with Gasteiger partial charge in [-0.25, -0.2) is 14.6 Å². The van der Waals surface area contributed by atoms with Gasteiger partial charge < -0.3 is 10.6 Å². The van der Waals surface area contributed by atoms with E-state index >= 15 is 0 Å². The summed E-state index contributed by atoms with van der Waals surface area (Å²) in [6, 6.07) is 15.4. The maximum Gasteiger partial charge on any atom is 0.274 e. The molecule has 0 fully saturated rings. The average Bonchev–Trinajstić information content (AvgIpc) is 3.34. The Labute approximate surface area is 171 Å². The number of amides is 2. The predicted molar refractivity (Wildman–Crippen MR) is 109 cm³/mol. The van der Waals surface area contributed by atoms with Crippen molar-refractivity contribution in [2.75, 3.05) is 5.32 Å². The molecular formula is C21H17N7O2. The first-order valence-corrected chi connectivity index (χ1v) is 9.09. The van der Waals surface area contributed by atoms with E-state index in [-0.39, 0.29) is 11.8 Å². The molecule has 4 aromatic rings. The number of aromatic nitrogens is 5. The van der Waals surface area contributed by atoms with Crippen molar-refractivity contribution >= 4 is 17.5 Å². The Kier molecular flexibility index (Phi) is 5.52. The maximum atomic E-state index is 12.4. The Balaban J connectivity index is 1.32. The van der Waals surface area contributed by atoms with Gasteiger partial charge in [-0.1, -0.05) is 12.1 Å². The van der Waals surface area contributed by atoms with Crippen LogP contribution in [-0.2, 0) is 6.54 Å². The van der Waals surface area contributed by atoms with Crippen molar-refractivity contribution in [2.45, 2.75) is 6.54 Å². The molecule has 3 aromatic heterocycles. The van der Waals surface area contributed by atoms with Crippen LogP contribution in [0.25, 0.3) is 5.82 Å². The molecule has 0 aliphatic carbocycles. The molecule has 0 aliphatic heterocycles. The van der Waals surface area contributed by atoms with Crippen LogP contribution in [0.15, 0.2) is 79.6 Å². The van der Waals surface area contributed by atoms with Crippen LogP contribution in [0.5, 0.6) is 0 Å². The van der Waals surface area contributed by atoms with Crippen molar-refractivity contribution in [1.82, 2.24) is 30.0 Å². The predicted octanol–water partition coefficient (Wildman–Crippen LogP) is 2.24. The van der Waals surface area contributed by atoms with E-state index in [0.717, 1.165) is 5.56 Å². The van der Waals surface area contributed by atoms with Crippen LogP contribution < -0.4 is 10.6 Å². The summed E-state index contributed by atoms with van der Waals surface area (Å²) < 4.78 is 1.55. The van der Waals surface area contributed by atoms with Gasteiger partial charge in [0.25, 0.3) is 11.8 Å². The van der Waals surface area contributed by atoms with Gasteiger partial charge in [0.2, 0.25) is 0 Å². The number of carbonyl (C=O) groups is 2. The Morgan fingerprint density at radius 3 is 2.47 bits per heavy atom. The van der Waals surface area contributed by atoms with Gasteiger partial charge in [-0.05, 0) is 48.0 Å². The molecule has 0 spiro atoms. The van der Waals surface area contributed by atoms with Crippen LogP contribution in [0.3, 0.4) is 0 Å². The highest BCUT2D eigenvalue weighted by Crippen LogP contribution is 2.11. The number of hydrogen-bond acceptors (Lipinski definition) is 6. The topological polar surface area (TPSA) is 115 Å². The molecule has 148 valence electrons. The lowest BCUT2D eigenvalue weighted by atomic mass is 10.2. The van der Waals surface area contributed by atoms with E-state index in [1.54, 1.807) is 71.9 Å². The van der Waals surface area contributed by atoms with Crippen LogP contribution in [0.2, 0.25) is 0 Å². The highest BCUT2D eigenvalue weighted by atomic mass is 16.2. The molecule has 1 aromatic carbocycles. The third-order valence-corrected chi connectivity index (χ3v) is 4.22. The zero-order valence-corrected chi connectivity index (χ0v) is 15.8. The highest BCUT2D eigenvalue weighted by molar-refractivity contribution is 6.03. The fourth-order valence-corrected chi connectivity index (χ4v) is 2.66. The Morgan fingerprint density at radius 1 is 0.933 bits per heavy atom. The number of pyridine rings is 2. The van der Waals surface area contributed by atoms with E-state index in [4.69, 9.17) is 0 Å². The molecule has 30 heavy (non-hydrogen) atoms. The fourth-order valence-electron chi connectivity index (χ4n) is 2.66. The van der Waals surface area contributed by atoms with Gasteiger partial charge in [-0.15, -0.1) is 0 Å². The lowest BCUT2D eigenvalue weighted by Gasteiger charge is -2.08. The van der Waals surface area contributed by atoms with E-state index < -0.39 is 0 Å². The summed E-state index contributed by atoms with van der Waals surface area (Å²) in [6.45, 7) is 0.335. The van der Waals surface area contributed by atoms with E-state index in [1.165, 1.54) is 6.33 Å². The first kappa shape index (κ1) is 18.9. The second kappa shape index (κ2) is 8.74. The summed E-state index contributed by atoms with van der Waals surface area (Å²) in [6.07, 6.45) is 6.23. The zero-order valence-electron chi connectivity index (χ0n) is 15.8. The Morgan fingerprint density at radius 2 is 1.80 bits per heavy atom. The van der Waals surface area contributed by atoms with Gasteiger partial charge in [-0.2, -0.15) is 5.10 Å². The van der Waals surface area contributed by atoms with E-state index in [2.05, 4.69) is 30.7 Å². The Hall–Kier alpha value is -4.40. The van der Waals surface area contributed by atoms with E-state index in [0.29, 0.717) is 29.3 Å². The molecule has 9 nitrogen and oxygen atoms in total. The summed E-state index contributed by atoms with van der Waals surface area (Å²) in [5.41, 5.74) is 2.24. The van der Waals surface area contributed by atoms with E-state index in [9.17, 15) is 9.59 Å². The zero-order chi connectivity index (χ0) is 20.8. The summed E-state index contributed by atoms with van der Waals surface area (Å²) in [5, 5.41) is 9.61. The highest BCUT2D eigenvalue weighted by Gasteiger charge is 2.09. The van der Waals surface area contributed by atoms with Crippen molar-refractivity contribution in [3.63, 3.8) is 0 Å². The van der Waals surface area contributed by atoms with Crippen molar-refractivity contribution in [3.05, 3.63) is 96.5 Å². The van der Waals surface area contributed by atoms with Crippen molar-refractivity contribution in [3.8, 4) is 5.82 Å². The molecule has 4 rings (SSSR count). The molecule has 2 amide bonds. The third-order valence-electron chi connectivity index (χ3n) is 4.22. The van der Waals surface area contributed by atoms with Crippen LogP contribution in [0, 0.1) is 0 Å². The minimum atomic E-state index is -0.311. The molecule has 0 unspecified atom stereocenters. The van der Waals surface area contributed by atoms with Crippen molar-refractivity contribution < 1.29 is 9.59 Å². The van der Waals surface area contributed by atoms with Gasteiger partial charge in [0.05, 0.1) is 0 Å². The first-order valence-electron chi connectivity index (χ1n) is 9.09. The summed E-state index contributed by atoms with van der Waals surface area (Å²) in [5.74, 6) is 0.110. The molecule has 0 aliphatic rings. The quantitative estimate of drug-likeness (QED) is 0.514. The fraction of sp³-hybridized carbons (Fsp3) is 0.0476. The molecule has 2 N–H and O–H groups in total. The van der Waals surface area contributed by atoms with Gasteiger partial charge in [0.1, 0.15) is 18.3 Å². The molecule has 0 atom stereocenters. The third kappa shape index (κ3) is 4.53. The van der Waals surface area contributed by atoms with Crippen LogP contribution in [0.1, 0.15) is 26.4 Å². The number of carbonyl (C=O) groups excluding carboxylic acids is 2. The number of nitrogens with one attached hydrogen (secondary N) is 2. The lowest BCUT2D eigenvalue weighted by molar-refractivity contribution is 0.0950. The normalized spacial score (nSPS) is 10.4. The number of rotatable bonds is 6. The number of benzene rings is 1. The summed E-state index contributed by atoms with van der Waals surface area (Å²) in [7, 11) is 0. The van der Waals surface area contributed by atoms with Gasteiger partial charge >= 0.3 is 0 Å². The number of hydrogen-bond donors (Lipinski definition) is 2. The summed E-state index contributed by atoms with van der Waals surface area (Å²) >= 11 is 0. The average molecular weight is 399 g/mol. The van der Waals surface area contributed by atoms with Gasteiger partial charge in [0, 0.05) is 30.2 Å². The monoisotopic (exact) mass is 399 g/mol. The molecule has 0 bridgehead atoms. The van der Waals surface area contributed by atoms with Gasteiger partial charge in [0.15, 0.2) is 5.82 Å².